The first-order chi connectivity index (χ1) is 11.7. The molecule has 0 unspecified atom stereocenters. The number of benzene rings is 2. The maximum absolute atomic E-state index is 13.0. The highest BCUT2D eigenvalue weighted by Gasteiger charge is 2.32. The van der Waals surface area contributed by atoms with E-state index < -0.39 is 0 Å². The lowest BCUT2D eigenvalue weighted by Crippen LogP contribution is -2.34. The fourth-order valence-electron chi connectivity index (χ4n) is 3.35. The second-order valence-corrected chi connectivity index (χ2v) is 6.68. The van der Waals surface area contributed by atoms with Crippen molar-refractivity contribution in [2.45, 2.75) is 31.8 Å². The van der Waals surface area contributed by atoms with E-state index in [0.717, 1.165) is 18.4 Å². The van der Waals surface area contributed by atoms with Crippen LogP contribution >= 0.6 is 0 Å². The Morgan fingerprint density at radius 1 is 1.08 bits per heavy atom. The van der Waals surface area contributed by atoms with Gasteiger partial charge in [0.1, 0.15) is 0 Å². The minimum absolute atomic E-state index is 0.232. The maximum atomic E-state index is 13.0. The number of nitrogens with zero attached hydrogens (tertiary/aromatic N) is 2. The van der Waals surface area contributed by atoms with Gasteiger partial charge >= 0.3 is 0 Å². The topological polar surface area (TPSA) is 25.2 Å². The molecule has 1 aliphatic carbocycles. The Hall–Kier alpha value is -2.55. The first kappa shape index (κ1) is 15.0. The quantitative estimate of drug-likeness (QED) is 0.700. The lowest BCUT2D eigenvalue weighted by atomic mass is 10.0. The fraction of sp³-hybridized carbons (Fsp3) is 0.286. The van der Waals surface area contributed by atoms with Gasteiger partial charge in [0, 0.05) is 25.0 Å². The van der Waals surface area contributed by atoms with Crippen molar-refractivity contribution in [3.8, 4) is 0 Å². The number of rotatable bonds is 5. The van der Waals surface area contributed by atoms with Crippen LogP contribution in [-0.4, -0.2) is 21.4 Å². The second kappa shape index (κ2) is 6.16. The standard InChI is InChI=1S/C21H22N2O/c1-22-13-5-9-19(22)15-23(18-11-12-18)21(24)14-17-8-4-7-16-6-2-3-10-20(16)17/h2-10,13,18H,11-12,14-15H2,1H3. The minimum atomic E-state index is 0.232. The molecule has 1 aromatic heterocycles. The third kappa shape index (κ3) is 2.94. The van der Waals surface area contributed by atoms with Gasteiger partial charge in [-0.1, -0.05) is 42.5 Å². The predicted molar refractivity (Wildman–Crippen MR) is 96.6 cm³/mol. The van der Waals surface area contributed by atoms with Crippen molar-refractivity contribution < 1.29 is 4.79 Å². The molecule has 2 aromatic carbocycles. The zero-order chi connectivity index (χ0) is 16.5. The summed E-state index contributed by atoms with van der Waals surface area (Å²) in [6, 6.07) is 19.1. The first-order valence-corrected chi connectivity index (χ1v) is 8.59. The van der Waals surface area contributed by atoms with Gasteiger partial charge in [-0.15, -0.1) is 0 Å². The molecule has 1 amide bonds. The average molecular weight is 318 g/mol. The van der Waals surface area contributed by atoms with E-state index in [2.05, 4.69) is 39.8 Å². The summed E-state index contributed by atoms with van der Waals surface area (Å²) in [5.74, 6) is 0.232. The highest BCUT2D eigenvalue weighted by Crippen LogP contribution is 2.29. The molecule has 0 radical (unpaired) electrons. The van der Waals surface area contributed by atoms with E-state index in [0.29, 0.717) is 19.0 Å². The summed E-state index contributed by atoms with van der Waals surface area (Å²) in [5, 5.41) is 2.38. The molecule has 0 saturated heterocycles. The highest BCUT2D eigenvalue weighted by molar-refractivity contribution is 5.90. The molecule has 24 heavy (non-hydrogen) atoms. The Balaban J connectivity index is 1.58. The van der Waals surface area contributed by atoms with Gasteiger partial charge in [-0.3, -0.25) is 4.79 Å². The molecule has 0 aliphatic heterocycles. The van der Waals surface area contributed by atoms with Gasteiger partial charge in [0.05, 0.1) is 13.0 Å². The fourth-order valence-corrected chi connectivity index (χ4v) is 3.35. The van der Waals surface area contributed by atoms with Crippen LogP contribution in [-0.2, 0) is 24.8 Å². The van der Waals surface area contributed by atoms with E-state index in [-0.39, 0.29) is 5.91 Å². The smallest absolute Gasteiger partial charge is 0.227 e. The Morgan fingerprint density at radius 3 is 2.62 bits per heavy atom. The maximum Gasteiger partial charge on any atom is 0.227 e. The third-order valence-electron chi connectivity index (χ3n) is 4.91. The van der Waals surface area contributed by atoms with Gasteiger partial charge in [-0.2, -0.15) is 0 Å². The third-order valence-corrected chi connectivity index (χ3v) is 4.91. The van der Waals surface area contributed by atoms with Crippen LogP contribution in [0, 0.1) is 0 Å². The van der Waals surface area contributed by atoms with Crippen molar-refractivity contribution in [1.29, 1.82) is 0 Å². The lowest BCUT2D eigenvalue weighted by Gasteiger charge is -2.23. The van der Waals surface area contributed by atoms with E-state index in [4.69, 9.17) is 0 Å². The molecule has 3 nitrogen and oxygen atoms in total. The number of aromatic nitrogens is 1. The van der Waals surface area contributed by atoms with Crippen molar-refractivity contribution in [3.05, 3.63) is 72.1 Å². The lowest BCUT2D eigenvalue weighted by molar-refractivity contribution is -0.131. The summed E-state index contributed by atoms with van der Waals surface area (Å²) in [6.45, 7) is 0.706. The zero-order valence-corrected chi connectivity index (χ0v) is 14.0. The molecule has 4 rings (SSSR count). The van der Waals surface area contributed by atoms with Crippen LogP contribution in [0.15, 0.2) is 60.8 Å². The molecule has 1 heterocycles. The van der Waals surface area contributed by atoms with E-state index in [1.165, 1.54) is 16.5 Å². The van der Waals surface area contributed by atoms with Gasteiger partial charge in [0.25, 0.3) is 0 Å². The summed E-state index contributed by atoms with van der Waals surface area (Å²) in [6.07, 6.45) is 4.77. The summed E-state index contributed by atoms with van der Waals surface area (Å²) in [7, 11) is 2.04. The molecule has 0 N–H and O–H groups in total. The zero-order valence-electron chi connectivity index (χ0n) is 14.0. The number of hydrogen-bond acceptors (Lipinski definition) is 1. The Bertz CT molecular complexity index is 871. The predicted octanol–water partition coefficient (Wildman–Crippen LogP) is 3.91. The highest BCUT2D eigenvalue weighted by atomic mass is 16.2. The van der Waals surface area contributed by atoms with Crippen LogP contribution in [0.3, 0.4) is 0 Å². The van der Waals surface area contributed by atoms with Crippen molar-refractivity contribution in [3.63, 3.8) is 0 Å². The van der Waals surface area contributed by atoms with E-state index in [1.807, 2.05) is 37.5 Å². The summed E-state index contributed by atoms with van der Waals surface area (Å²) in [5.41, 5.74) is 2.31. The van der Waals surface area contributed by atoms with Crippen molar-refractivity contribution in [2.75, 3.05) is 0 Å². The number of aryl methyl sites for hydroxylation is 1. The normalized spacial score (nSPS) is 14.0. The van der Waals surface area contributed by atoms with Gasteiger partial charge < -0.3 is 9.47 Å². The van der Waals surface area contributed by atoms with E-state index in [1.54, 1.807) is 0 Å². The van der Waals surface area contributed by atoms with Crippen LogP contribution in [0.2, 0.25) is 0 Å². The number of carbonyl (C=O) groups excluding carboxylic acids is 1. The van der Waals surface area contributed by atoms with E-state index in [9.17, 15) is 4.79 Å². The van der Waals surface area contributed by atoms with E-state index >= 15 is 0 Å². The van der Waals surface area contributed by atoms with Crippen molar-refractivity contribution >= 4 is 16.7 Å². The first-order valence-electron chi connectivity index (χ1n) is 8.59. The molecule has 0 atom stereocenters. The van der Waals surface area contributed by atoms with Crippen LogP contribution in [0.1, 0.15) is 24.1 Å². The summed E-state index contributed by atoms with van der Waals surface area (Å²) >= 11 is 0. The summed E-state index contributed by atoms with van der Waals surface area (Å²) in [4.78, 5) is 15.1. The van der Waals surface area contributed by atoms with Crippen LogP contribution in [0.25, 0.3) is 10.8 Å². The van der Waals surface area contributed by atoms with Gasteiger partial charge in [0.15, 0.2) is 0 Å². The molecule has 3 heteroatoms. The number of amides is 1. The number of hydrogen-bond donors (Lipinski definition) is 0. The second-order valence-electron chi connectivity index (χ2n) is 6.68. The summed E-state index contributed by atoms with van der Waals surface area (Å²) < 4.78 is 2.10. The minimum Gasteiger partial charge on any atom is -0.353 e. The Labute approximate surface area is 142 Å². The average Bonchev–Trinajstić information content (AvgIpc) is 3.35. The Kier molecular flexibility index (Phi) is 3.85. The number of fused-ring (bicyclic) bond motifs is 1. The van der Waals surface area contributed by atoms with Gasteiger partial charge in [-0.05, 0) is 41.3 Å². The SMILES string of the molecule is Cn1cccc1CN(C(=O)Cc1cccc2ccccc12)C1CC1. The van der Waals surface area contributed by atoms with Crippen molar-refractivity contribution in [2.24, 2.45) is 7.05 Å². The molecule has 1 fully saturated rings. The van der Waals surface area contributed by atoms with Gasteiger partial charge in [-0.25, -0.2) is 0 Å². The molecular formula is C21H22N2O. The monoisotopic (exact) mass is 318 g/mol. The number of carbonyl (C=O) groups is 1. The molecule has 1 saturated carbocycles. The Morgan fingerprint density at radius 2 is 1.88 bits per heavy atom. The molecule has 0 bridgehead atoms. The molecule has 122 valence electrons. The molecule has 0 spiro atoms. The van der Waals surface area contributed by atoms with Crippen molar-refractivity contribution in [1.82, 2.24) is 9.47 Å². The van der Waals surface area contributed by atoms with Crippen LogP contribution in [0.5, 0.6) is 0 Å². The largest absolute Gasteiger partial charge is 0.353 e. The van der Waals surface area contributed by atoms with Crippen LogP contribution < -0.4 is 0 Å². The molecular weight excluding hydrogens is 296 g/mol. The van der Waals surface area contributed by atoms with Crippen LogP contribution in [0.4, 0.5) is 0 Å². The van der Waals surface area contributed by atoms with Gasteiger partial charge in [0.2, 0.25) is 5.91 Å². The molecule has 3 aromatic rings. The molecule has 1 aliphatic rings.